The van der Waals surface area contributed by atoms with Crippen LogP contribution in [0.5, 0.6) is 5.75 Å². The summed E-state index contributed by atoms with van der Waals surface area (Å²) in [6.45, 7) is 4.63. The lowest BCUT2D eigenvalue weighted by atomic mass is 10.1. The third kappa shape index (κ3) is 6.11. The fourth-order valence-electron chi connectivity index (χ4n) is 4.15. The Hall–Kier alpha value is -2.46. The predicted molar refractivity (Wildman–Crippen MR) is 125 cm³/mol. The Labute approximate surface area is 195 Å². The van der Waals surface area contributed by atoms with Crippen molar-refractivity contribution in [1.29, 1.82) is 0 Å². The van der Waals surface area contributed by atoms with Gasteiger partial charge >= 0.3 is 0 Å². The number of hydrogen-bond donors (Lipinski definition) is 1. The van der Waals surface area contributed by atoms with E-state index in [-0.39, 0.29) is 23.5 Å². The summed E-state index contributed by atoms with van der Waals surface area (Å²) >= 11 is 0. The molecule has 0 unspecified atom stereocenters. The molecule has 2 fully saturated rings. The fourth-order valence-corrected chi connectivity index (χ4v) is 5.22. The normalized spacial score (nSPS) is 19.5. The zero-order valence-electron chi connectivity index (χ0n) is 18.9. The molecular weight excluding hydrogens is 442 g/mol. The van der Waals surface area contributed by atoms with Crippen LogP contribution in [0, 0.1) is 0 Å². The second kappa shape index (κ2) is 10.6. The van der Waals surface area contributed by atoms with Gasteiger partial charge in [0.15, 0.2) is 0 Å². The van der Waals surface area contributed by atoms with Crippen molar-refractivity contribution >= 4 is 15.9 Å². The molecule has 0 spiro atoms. The highest BCUT2D eigenvalue weighted by Crippen LogP contribution is 2.17. The summed E-state index contributed by atoms with van der Waals surface area (Å²) in [7, 11) is -1.97. The molecule has 0 aromatic heterocycles. The van der Waals surface area contributed by atoms with Gasteiger partial charge in [-0.05, 0) is 54.8 Å². The Morgan fingerprint density at radius 3 is 2.36 bits per heavy atom. The van der Waals surface area contributed by atoms with Crippen LogP contribution in [0.4, 0.5) is 0 Å². The molecule has 2 aromatic rings. The number of sulfonamides is 1. The number of ether oxygens (including phenoxy) is 2. The minimum atomic E-state index is -3.63. The van der Waals surface area contributed by atoms with Crippen molar-refractivity contribution in [3.05, 3.63) is 59.7 Å². The first-order chi connectivity index (χ1) is 15.9. The number of nitrogens with one attached hydrogen (secondary N) is 1. The van der Waals surface area contributed by atoms with E-state index in [0.29, 0.717) is 25.3 Å². The van der Waals surface area contributed by atoms with Crippen molar-refractivity contribution in [2.75, 3.05) is 46.4 Å². The van der Waals surface area contributed by atoms with Gasteiger partial charge in [-0.25, -0.2) is 13.1 Å². The molecule has 0 bridgehead atoms. The molecule has 2 aromatic carbocycles. The summed E-state index contributed by atoms with van der Waals surface area (Å²) in [5, 5.41) is 0. The number of rotatable bonds is 8. The van der Waals surface area contributed by atoms with Crippen LogP contribution < -0.4 is 9.46 Å². The number of piperazine rings is 1. The summed E-state index contributed by atoms with van der Waals surface area (Å²) in [4.78, 5) is 17.2. The van der Waals surface area contributed by atoms with Gasteiger partial charge in [-0.15, -0.1) is 0 Å². The SMILES string of the molecule is COc1ccc(CN2CCN(C(=O)c3ccc(S(=O)(=O)NC[C@@H]4CCCO4)cc3)CC2)cc1. The Morgan fingerprint density at radius 2 is 1.76 bits per heavy atom. The first-order valence-corrected chi connectivity index (χ1v) is 12.8. The molecule has 1 amide bonds. The lowest BCUT2D eigenvalue weighted by Gasteiger charge is -2.34. The molecule has 1 N–H and O–H groups in total. The molecule has 33 heavy (non-hydrogen) atoms. The van der Waals surface area contributed by atoms with E-state index >= 15 is 0 Å². The number of carbonyl (C=O) groups is 1. The molecule has 0 aliphatic carbocycles. The maximum absolute atomic E-state index is 12.9. The Bertz CT molecular complexity index is 1030. The smallest absolute Gasteiger partial charge is 0.253 e. The molecule has 1 atom stereocenters. The number of carbonyl (C=O) groups excluding carboxylic acids is 1. The van der Waals surface area contributed by atoms with E-state index in [1.807, 2.05) is 17.0 Å². The molecule has 2 saturated heterocycles. The second-order valence-electron chi connectivity index (χ2n) is 8.43. The molecule has 4 rings (SSSR count). The van der Waals surface area contributed by atoms with E-state index in [9.17, 15) is 13.2 Å². The average molecular weight is 474 g/mol. The van der Waals surface area contributed by atoms with E-state index in [2.05, 4.69) is 21.8 Å². The molecule has 2 aliphatic heterocycles. The van der Waals surface area contributed by atoms with Gasteiger partial charge in [-0.2, -0.15) is 0 Å². The maximum Gasteiger partial charge on any atom is 0.253 e. The predicted octanol–water partition coefficient (Wildman–Crippen LogP) is 2.11. The number of hydrogen-bond acceptors (Lipinski definition) is 6. The summed E-state index contributed by atoms with van der Waals surface area (Å²) in [5.74, 6) is 0.766. The van der Waals surface area contributed by atoms with Gasteiger partial charge in [0.25, 0.3) is 5.91 Å². The van der Waals surface area contributed by atoms with Gasteiger partial charge < -0.3 is 14.4 Å². The van der Waals surface area contributed by atoms with Crippen molar-refractivity contribution in [2.45, 2.75) is 30.4 Å². The highest BCUT2D eigenvalue weighted by molar-refractivity contribution is 7.89. The lowest BCUT2D eigenvalue weighted by molar-refractivity contribution is 0.0628. The standard InChI is InChI=1S/C24H31N3O5S/c1-31-21-8-4-19(5-9-21)18-26-12-14-27(15-13-26)24(28)20-6-10-23(11-7-20)33(29,30)25-17-22-3-2-16-32-22/h4-11,22,25H,2-3,12-18H2,1H3/t22-/m0/s1. The first kappa shape index (κ1) is 23.7. The summed E-state index contributed by atoms with van der Waals surface area (Å²) < 4.78 is 38.3. The Kier molecular flexibility index (Phi) is 7.64. The Balaban J connectivity index is 1.28. The van der Waals surface area contributed by atoms with Crippen LogP contribution in [-0.2, 0) is 21.3 Å². The molecule has 2 aliphatic rings. The number of benzene rings is 2. The van der Waals surface area contributed by atoms with Crippen LogP contribution in [0.25, 0.3) is 0 Å². The van der Waals surface area contributed by atoms with Crippen LogP contribution >= 0.6 is 0 Å². The van der Waals surface area contributed by atoms with Crippen molar-refractivity contribution in [1.82, 2.24) is 14.5 Å². The van der Waals surface area contributed by atoms with E-state index in [1.54, 1.807) is 19.2 Å². The maximum atomic E-state index is 12.9. The van der Waals surface area contributed by atoms with E-state index in [4.69, 9.17) is 9.47 Å². The van der Waals surface area contributed by atoms with Crippen molar-refractivity contribution in [3.63, 3.8) is 0 Å². The monoisotopic (exact) mass is 473 g/mol. The summed E-state index contributed by atoms with van der Waals surface area (Å²) in [5.41, 5.74) is 1.71. The first-order valence-electron chi connectivity index (χ1n) is 11.3. The topological polar surface area (TPSA) is 88.2 Å². The third-order valence-electron chi connectivity index (χ3n) is 6.16. The third-order valence-corrected chi connectivity index (χ3v) is 7.60. The largest absolute Gasteiger partial charge is 0.497 e. The van der Waals surface area contributed by atoms with Crippen LogP contribution in [0.3, 0.4) is 0 Å². The minimum Gasteiger partial charge on any atom is -0.497 e. The number of amides is 1. The van der Waals surface area contributed by atoms with Gasteiger partial charge in [-0.1, -0.05) is 12.1 Å². The highest BCUT2D eigenvalue weighted by atomic mass is 32.2. The van der Waals surface area contributed by atoms with E-state index < -0.39 is 10.0 Å². The van der Waals surface area contributed by atoms with Crippen molar-refractivity contribution in [3.8, 4) is 5.75 Å². The zero-order valence-corrected chi connectivity index (χ0v) is 19.7. The van der Waals surface area contributed by atoms with Crippen LogP contribution in [0.15, 0.2) is 53.4 Å². The molecular formula is C24H31N3O5S. The van der Waals surface area contributed by atoms with Crippen molar-refractivity contribution in [2.24, 2.45) is 0 Å². The molecule has 178 valence electrons. The number of methoxy groups -OCH3 is 1. The van der Waals surface area contributed by atoms with Crippen LogP contribution in [0.2, 0.25) is 0 Å². The van der Waals surface area contributed by atoms with Gasteiger partial charge in [0.2, 0.25) is 10.0 Å². The molecule has 0 saturated carbocycles. The van der Waals surface area contributed by atoms with Crippen LogP contribution in [-0.4, -0.2) is 76.7 Å². The van der Waals surface area contributed by atoms with Gasteiger partial charge in [0.1, 0.15) is 5.75 Å². The van der Waals surface area contributed by atoms with Gasteiger partial charge in [0.05, 0.1) is 18.1 Å². The quantitative estimate of drug-likeness (QED) is 0.632. The highest BCUT2D eigenvalue weighted by Gasteiger charge is 2.24. The van der Waals surface area contributed by atoms with Crippen LogP contribution in [0.1, 0.15) is 28.8 Å². The van der Waals surface area contributed by atoms with E-state index in [1.165, 1.54) is 17.7 Å². The second-order valence-corrected chi connectivity index (χ2v) is 10.2. The lowest BCUT2D eigenvalue weighted by Crippen LogP contribution is -2.48. The molecule has 9 heteroatoms. The molecule has 0 radical (unpaired) electrons. The number of nitrogens with zero attached hydrogens (tertiary/aromatic N) is 2. The van der Waals surface area contributed by atoms with Gasteiger partial charge in [0, 0.05) is 51.4 Å². The summed E-state index contributed by atoms with van der Waals surface area (Å²) in [6, 6.07) is 14.2. The van der Waals surface area contributed by atoms with E-state index in [0.717, 1.165) is 38.2 Å². The van der Waals surface area contributed by atoms with Gasteiger partial charge in [-0.3, -0.25) is 9.69 Å². The summed E-state index contributed by atoms with van der Waals surface area (Å²) in [6.07, 6.45) is 1.76. The Morgan fingerprint density at radius 1 is 1.06 bits per heavy atom. The average Bonchev–Trinajstić information content (AvgIpc) is 3.37. The fraction of sp³-hybridized carbons (Fsp3) is 0.458. The zero-order chi connectivity index (χ0) is 23.3. The minimum absolute atomic E-state index is 0.0657. The van der Waals surface area contributed by atoms with Crippen molar-refractivity contribution < 1.29 is 22.7 Å². The molecule has 8 nitrogen and oxygen atoms in total. The molecule has 2 heterocycles.